The van der Waals surface area contributed by atoms with Crippen LogP contribution in [0.4, 0.5) is 25.8 Å². The minimum absolute atomic E-state index is 0.324. The number of nitrogens with zero attached hydrogens (tertiary/aromatic N) is 2. The molecule has 0 bridgehead atoms. The van der Waals surface area contributed by atoms with Crippen LogP contribution in [-0.4, -0.2) is 54.3 Å². The summed E-state index contributed by atoms with van der Waals surface area (Å²) in [5.41, 5.74) is 1.23. The van der Waals surface area contributed by atoms with Gasteiger partial charge in [-0.05, 0) is 24.3 Å². The molecule has 3 rings (SSSR count). The van der Waals surface area contributed by atoms with E-state index in [1.807, 2.05) is 12.1 Å². The van der Waals surface area contributed by atoms with Gasteiger partial charge in [-0.3, -0.25) is 0 Å². The minimum atomic E-state index is -0.747. The molecule has 146 valence electrons. The van der Waals surface area contributed by atoms with Gasteiger partial charge in [0, 0.05) is 25.5 Å². The number of anilines is 2. The SMILES string of the molecule is CN1C(=O)N(C)[C@@H](NC(=O)Nc2ccccc2)[C@H]1NC(=O)Nc1ccccc1. The Bertz CT molecular complexity index is 776. The van der Waals surface area contributed by atoms with Gasteiger partial charge in [-0.2, -0.15) is 0 Å². The highest BCUT2D eigenvalue weighted by Crippen LogP contribution is 2.17. The predicted molar refractivity (Wildman–Crippen MR) is 106 cm³/mol. The summed E-state index contributed by atoms with van der Waals surface area (Å²) in [6.45, 7) is 0. The Morgan fingerprint density at radius 1 is 0.714 bits per heavy atom. The molecule has 4 N–H and O–H groups in total. The second-order valence-corrected chi connectivity index (χ2v) is 6.32. The number of nitrogens with one attached hydrogen (secondary N) is 4. The van der Waals surface area contributed by atoms with Gasteiger partial charge in [-0.15, -0.1) is 0 Å². The van der Waals surface area contributed by atoms with Crippen molar-refractivity contribution < 1.29 is 14.4 Å². The Hall–Kier alpha value is -3.75. The molecule has 0 saturated carbocycles. The summed E-state index contributed by atoms with van der Waals surface area (Å²) in [5.74, 6) is 0. The standard InChI is InChI=1S/C19H22N6O3/c1-24-15(22-17(26)20-13-9-5-3-6-10-13)16(25(2)19(24)28)23-18(27)21-14-11-7-4-8-12-14/h3-12,15-16H,1-2H3,(H2,20,22,26)(H2,21,23,27)/t15-,16+. The van der Waals surface area contributed by atoms with E-state index in [-0.39, 0.29) is 6.03 Å². The molecule has 1 fully saturated rings. The van der Waals surface area contributed by atoms with Gasteiger partial charge in [0.2, 0.25) is 0 Å². The van der Waals surface area contributed by atoms with Crippen LogP contribution in [-0.2, 0) is 0 Å². The highest BCUT2D eigenvalue weighted by atomic mass is 16.2. The highest BCUT2D eigenvalue weighted by molar-refractivity contribution is 5.92. The Balaban J connectivity index is 1.66. The van der Waals surface area contributed by atoms with Crippen molar-refractivity contribution in [1.82, 2.24) is 20.4 Å². The summed E-state index contributed by atoms with van der Waals surface area (Å²) in [7, 11) is 3.12. The third-order valence-corrected chi connectivity index (χ3v) is 4.36. The van der Waals surface area contributed by atoms with Crippen LogP contribution in [0, 0.1) is 0 Å². The molecule has 1 heterocycles. The van der Waals surface area contributed by atoms with Crippen molar-refractivity contribution >= 4 is 29.5 Å². The topological polar surface area (TPSA) is 106 Å². The molecule has 9 nitrogen and oxygen atoms in total. The number of benzene rings is 2. The minimum Gasteiger partial charge on any atom is -0.314 e. The number of carbonyl (C=O) groups is 3. The van der Waals surface area contributed by atoms with Crippen LogP contribution in [0.3, 0.4) is 0 Å². The number of amides is 6. The van der Waals surface area contributed by atoms with Gasteiger partial charge < -0.3 is 31.1 Å². The first-order chi connectivity index (χ1) is 13.5. The molecule has 0 aliphatic carbocycles. The molecular formula is C19H22N6O3. The summed E-state index contributed by atoms with van der Waals surface area (Å²) < 4.78 is 0. The van der Waals surface area contributed by atoms with Crippen molar-refractivity contribution in [3.63, 3.8) is 0 Å². The van der Waals surface area contributed by atoms with Gasteiger partial charge in [0.05, 0.1) is 0 Å². The zero-order valence-electron chi connectivity index (χ0n) is 15.5. The fraction of sp³-hybridized carbons (Fsp3) is 0.211. The monoisotopic (exact) mass is 382 g/mol. The Morgan fingerprint density at radius 3 is 1.43 bits per heavy atom. The lowest BCUT2D eigenvalue weighted by molar-refractivity contribution is 0.197. The smallest absolute Gasteiger partial charge is 0.314 e. The van der Waals surface area contributed by atoms with Crippen LogP contribution in [0.1, 0.15) is 0 Å². The molecule has 6 amide bonds. The summed E-state index contributed by atoms with van der Waals surface area (Å²) in [6, 6.07) is 16.6. The van der Waals surface area contributed by atoms with Crippen LogP contribution in [0.2, 0.25) is 0 Å². The number of urea groups is 3. The Kier molecular flexibility index (Phi) is 5.64. The lowest BCUT2D eigenvalue weighted by Crippen LogP contribution is -2.57. The predicted octanol–water partition coefficient (Wildman–Crippen LogP) is 2.28. The lowest BCUT2D eigenvalue weighted by atomic mass is 10.3. The van der Waals surface area contributed by atoms with Crippen molar-refractivity contribution in [2.45, 2.75) is 12.3 Å². The number of para-hydroxylation sites is 2. The lowest BCUT2D eigenvalue weighted by Gasteiger charge is -2.27. The largest absolute Gasteiger partial charge is 0.323 e. The first-order valence-electron chi connectivity index (χ1n) is 8.70. The molecule has 1 aliphatic heterocycles. The number of hydrogen-bond acceptors (Lipinski definition) is 3. The maximum Gasteiger partial charge on any atom is 0.323 e. The molecule has 0 radical (unpaired) electrons. The van der Waals surface area contributed by atoms with E-state index in [4.69, 9.17) is 0 Å². The maximum atomic E-state index is 12.3. The third-order valence-electron chi connectivity index (χ3n) is 4.36. The molecule has 1 saturated heterocycles. The molecule has 1 aliphatic rings. The summed E-state index contributed by atoms with van der Waals surface area (Å²) in [4.78, 5) is 39.7. The molecular weight excluding hydrogens is 360 g/mol. The van der Waals surface area contributed by atoms with E-state index in [0.717, 1.165) is 0 Å². The summed E-state index contributed by atoms with van der Waals surface area (Å²) >= 11 is 0. The van der Waals surface area contributed by atoms with Crippen molar-refractivity contribution in [3.8, 4) is 0 Å². The molecule has 0 unspecified atom stereocenters. The first kappa shape index (κ1) is 19.0. The van der Waals surface area contributed by atoms with Crippen LogP contribution >= 0.6 is 0 Å². The highest BCUT2D eigenvalue weighted by Gasteiger charge is 2.43. The molecule has 28 heavy (non-hydrogen) atoms. The van der Waals surface area contributed by atoms with E-state index in [1.165, 1.54) is 9.80 Å². The van der Waals surface area contributed by atoms with Gasteiger partial charge in [-0.25, -0.2) is 14.4 Å². The zero-order chi connectivity index (χ0) is 20.1. The van der Waals surface area contributed by atoms with Crippen molar-refractivity contribution in [1.29, 1.82) is 0 Å². The van der Waals surface area contributed by atoms with Crippen LogP contribution in [0.15, 0.2) is 60.7 Å². The molecule has 0 spiro atoms. The fourth-order valence-electron chi connectivity index (χ4n) is 2.91. The molecule has 2 aromatic rings. The fourth-order valence-corrected chi connectivity index (χ4v) is 2.91. The normalized spacial score (nSPS) is 18.6. The number of rotatable bonds is 4. The third kappa shape index (κ3) is 4.32. The second-order valence-electron chi connectivity index (χ2n) is 6.32. The van der Waals surface area contributed by atoms with Gasteiger partial charge in [0.25, 0.3) is 0 Å². The molecule has 9 heteroatoms. The maximum absolute atomic E-state index is 12.3. The zero-order valence-corrected chi connectivity index (χ0v) is 15.5. The summed E-state index contributed by atoms with van der Waals surface area (Å²) in [5, 5.41) is 10.9. The Labute approximate surface area is 162 Å². The number of hydrogen-bond donors (Lipinski definition) is 4. The van der Waals surface area contributed by atoms with Crippen LogP contribution in [0.5, 0.6) is 0 Å². The quantitative estimate of drug-likeness (QED) is 0.652. The number of carbonyl (C=O) groups excluding carboxylic acids is 3. The van der Waals surface area contributed by atoms with Gasteiger partial charge in [0.1, 0.15) is 12.3 Å². The Morgan fingerprint density at radius 2 is 1.07 bits per heavy atom. The molecule has 2 atom stereocenters. The average molecular weight is 382 g/mol. The summed E-state index contributed by atoms with van der Waals surface area (Å²) in [6.07, 6.45) is -1.49. The van der Waals surface area contributed by atoms with Gasteiger partial charge >= 0.3 is 18.1 Å². The first-order valence-corrected chi connectivity index (χ1v) is 8.70. The van der Waals surface area contributed by atoms with Crippen molar-refractivity contribution in [2.24, 2.45) is 0 Å². The van der Waals surface area contributed by atoms with Crippen molar-refractivity contribution in [2.75, 3.05) is 24.7 Å². The van der Waals surface area contributed by atoms with Crippen molar-refractivity contribution in [3.05, 3.63) is 60.7 Å². The van der Waals surface area contributed by atoms with E-state index in [1.54, 1.807) is 62.6 Å². The molecule has 2 aromatic carbocycles. The van der Waals surface area contributed by atoms with Crippen LogP contribution in [0.25, 0.3) is 0 Å². The van der Waals surface area contributed by atoms with E-state index in [0.29, 0.717) is 11.4 Å². The van der Waals surface area contributed by atoms with Gasteiger partial charge in [-0.1, -0.05) is 36.4 Å². The van der Waals surface area contributed by atoms with Crippen LogP contribution < -0.4 is 21.3 Å². The van der Waals surface area contributed by atoms with E-state index < -0.39 is 24.4 Å². The second kappa shape index (κ2) is 8.30. The molecule has 0 aromatic heterocycles. The average Bonchev–Trinajstić information content (AvgIpc) is 2.88. The van der Waals surface area contributed by atoms with E-state index in [2.05, 4.69) is 21.3 Å². The van der Waals surface area contributed by atoms with Gasteiger partial charge in [0.15, 0.2) is 0 Å². The van der Waals surface area contributed by atoms with E-state index >= 15 is 0 Å². The number of likely N-dealkylation sites (N-methyl/N-ethyl adjacent to an activating group) is 2. The van der Waals surface area contributed by atoms with E-state index in [9.17, 15) is 14.4 Å².